The van der Waals surface area contributed by atoms with E-state index in [9.17, 15) is 5.11 Å². The normalized spacial score (nSPS) is 17.1. The number of aromatic nitrogens is 1. The smallest absolute Gasteiger partial charge is 0.129 e. The lowest BCUT2D eigenvalue weighted by atomic mass is 9.91. The van der Waals surface area contributed by atoms with E-state index in [1.54, 1.807) is 19.9 Å². The van der Waals surface area contributed by atoms with E-state index in [1.807, 2.05) is 0 Å². The Morgan fingerprint density at radius 3 is 2.80 bits per heavy atom. The molecule has 1 aromatic rings. The lowest BCUT2D eigenvalue weighted by Gasteiger charge is -2.30. The van der Waals surface area contributed by atoms with Crippen LogP contribution in [0.4, 0.5) is 5.82 Å². The van der Waals surface area contributed by atoms with Gasteiger partial charge in [0.1, 0.15) is 11.4 Å². The first-order valence-corrected chi connectivity index (χ1v) is 4.94. The Morgan fingerprint density at radius 2 is 2.27 bits per heavy atom. The number of nitrogen functional groups attached to an aromatic ring is 1. The maximum Gasteiger partial charge on any atom is 0.129 e. The number of hydrogen-bond acceptors (Lipinski definition) is 4. The Labute approximate surface area is 94.0 Å². The van der Waals surface area contributed by atoms with Crippen molar-refractivity contribution in [2.75, 3.05) is 12.8 Å². The van der Waals surface area contributed by atoms with Gasteiger partial charge in [0.05, 0.1) is 11.1 Å². The number of nitrogens with two attached hydrogens (primary N) is 1. The molecular weight excluding hydrogens is 216 g/mol. The molecule has 0 aliphatic heterocycles. The van der Waals surface area contributed by atoms with Gasteiger partial charge < -0.3 is 15.6 Å². The van der Waals surface area contributed by atoms with Crippen molar-refractivity contribution in [1.29, 1.82) is 0 Å². The maximum atomic E-state index is 10.3. The number of methoxy groups -OCH3 is 1. The Bertz CT molecular complexity index is 355. The number of hydrogen-bond donors (Lipinski definition) is 2. The lowest BCUT2D eigenvalue weighted by molar-refractivity contribution is -0.0768. The van der Waals surface area contributed by atoms with Crippen LogP contribution >= 0.6 is 11.6 Å². The molecule has 2 atom stereocenters. The van der Waals surface area contributed by atoms with Gasteiger partial charge in [-0.3, -0.25) is 0 Å². The number of halogens is 1. The molecule has 1 aromatic heterocycles. The number of pyridine rings is 1. The molecule has 0 saturated heterocycles. The number of anilines is 1. The molecule has 0 fully saturated rings. The summed E-state index contributed by atoms with van der Waals surface area (Å²) >= 11 is 5.80. The highest BCUT2D eigenvalue weighted by Gasteiger charge is 2.33. The second kappa shape index (κ2) is 4.35. The summed E-state index contributed by atoms with van der Waals surface area (Å²) in [6, 6.07) is 1.60. The zero-order valence-electron chi connectivity index (χ0n) is 8.99. The minimum atomic E-state index is -1.21. The predicted octanol–water partition coefficient (Wildman–Crippen LogP) is 1.56. The molecule has 1 rings (SSSR count). The van der Waals surface area contributed by atoms with Crippen molar-refractivity contribution < 1.29 is 9.84 Å². The molecule has 0 aliphatic carbocycles. The Kier molecular flexibility index (Phi) is 3.54. The summed E-state index contributed by atoms with van der Waals surface area (Å²) in [4.78, 5) is 3.89. The van der Waals surface area contributed by atoms with Crippen LogP contribution in [0.1, 0.15) is 19.4 Å². The standard InChI is InChI=1S/C10H15ClN2O2/c1-6(15-3)10(2,14)8-4-7(11)5-13-9(8)12/h4-6,14H,1-3H3,(H2,12,13). The minimum Gasteiger partial charge on any atom is -0.383 e. The molecule has 0 amide bonds. The molecule has 1 heterocycles. The fourth-order valence-corrected chi connectivity index (χ4v) is 1.46. The summed E-state index contributed by atoms with van der Waals surface area (Å²) in [6.45, 7) is 3.37. The van der Waals surface area contributed by atoms with Gasteiger partial charge in [0, 0.05) is 18.9 Å². The monoisotopic (exact) mass is 230 g/mol. The summed E-state index contributed by atoms with van der Waals surface area (Å²) in [7, 11) is 1.52. The first-order valence-electron chi connectivity index (χ1n) is 4.56. The largest absolute Gasteiger partial charge is 0.383 e. The molecule has 0 aliphatic rings. The summed E-state index contributed by atoms with van der Waals surface area (Å²) in [5.74, 6) is 0.258. The molecule has 5 heteroatoms. The van der Waals surface area contributed by atoms with E-state index in [-0.39, 0.29) is 5.82 Å². The first kappa shape index (κ1) is 12.2. The van der Waals surface area contributed by atoms with E-state index in [0.717, 1.165) is 0 Å². The average Bonchev–Trinajstić information content (AvgIpc) is 2.20. The van der Waals surface area contributed by atoms with E-state index >= 15 is 0 Å². The lowest BCUT2D eigenvalue weighted by Crippen LogP contribution is -2.36. The third kappa shape index (κ3) is 2.40. The van der Waals surface area contributed by atoms with E-state index in [0.29, 0.717) is 10.6 Å². The van der Waals surface area contributed by atoms with Crippen molar-refractivity contribution in [3.63, 3.8) is 0 Å². The van der Waals surface area contributed by atoms with Crippen LogP contribution in [0.15, 0.2) is 12.3 Å². The van der Waals surface area contributed by atoms with Gasteiger partial charge in [0.15, 0.2) is 0 Å². The van der Waals surface area contributed by atoms with Crippen LogP contribution in [0.2, 0.25) is 5.02 Å². The second-order valence-corrected chi connectivity index (χ2v) is 4.05. The predicted molar refractivity (Wildman–Crippen MR) is 59.7 cm³/mol. The summed E-state index contributed by atoms with van der Waals surface area (Å²) in [5, 5.41) is 10.7. The zero-order chi connectivity index (χ0) is 11.6. The topological polar surface area (TPSA) is 68.4 Å². The average molecular weight is 231 g/mol. The van der Waals surface area contributed by atoms with Gasteiger partial charge in [-0.2, -0.15) is 0 Å². The van der Waals surface area contributed by atoms with Crippen LogP contribution in [-0.4, -0.2) is 23.3 Å². The highest BCUT2D eigenvalue weighted by molar-refractivity contribution is 6.30. The Balaban J connectivity index is 3.19. The van der Waals surface area contributed by atoms with Crippen LogP contribution in [0.5, 0.6) is 0 Å². The van der Waals surface area contributed by atoms with Gasteiger partial charge in [-0.05, 0) is 19.9 Å². The zero-order valence-corrected chi connectivity index (χ0v) is 9.75. The second-order valence-electron chi connectivity index (χ2n) is 3.61. The number of aliphatic hydroxyl groups is 1. The van der Waals surface area contributed by atoms with Crippen LogP contribution in [0.25, 0.3) is 0 Å². The van der Waals surface area contributed by atoms with Gasteiger partial charge in [0.2, 0.25) is 0 Å². The van der Waals surface area contributed by atoms with Crippen molar-refractivity contribution >= 4 is 17.4 Å². The molecule has 0 radical (unpaired) electrons. The van der Waals surface area contributed by atoms with E-state index in [2.05, 4.69) is 4.98 Å². The van der Waals surface area contributed by atoms with Crippen molar-refractivity contribution in [3.05, 3.63) is 22.8 Å². The highest BCUT2D eigenvalue weighted by Crippen LogP contribution is 2.31. The first-order chi connectivity index (χ1) is 6.89. The summed E-state index contributed by atoms with van der Waals surface area (Å²) in [5.41, 5.74) is 4.95. The van der Waals surface area contributed by atoms with Crippen LogP contribution in [0, 0.1) is 0 Å². The molecule has 0 aromatic carbocycles. The van der Waals surface area contributed by atoms with Crippen LogP contribution < -0.4 is 5.73 Å². The molecule has 2 unspecified atom stereocenters. The highest BCUT2D eigenvalue weighted by atomic mass is 35.5. The fraction of sp³-hybridized carbons (Fsp3) is 0.500. The summed E-state index contributed by atoms with van der Waals surface area (Å²) < 4.78 is 5.09. The van der Waals surface area contributed by atoms with Crippen molar-refractivity contribution in [3.8, 4) is 0 Å². The Morgan fingerprint density at radius 1 is 1.67 bits per heavy atom. The maximum absolute atomic E-state index is 10.3. The third-order valence-corrected chi connectivity index (χ3v) is 2.78. The number of ether oxygens (including phenoxy) is 1. The fourth-order valence-electron chi connectivity index (χ4n) is 1.30. The van der Waals surface area contributed by atoms with E-state index in [4.69, 9.17) is 22.1 Å². The van der Waals surface area contributed by atoms with E-state index in [1.165, 1.54) is 13.3 Å². The number of rotatable bonds is 3. The SMILES string of the molecule is COC(C)C(C)(O)c1cc(Cl)cnc1N. The molecule has 15 heavy (non-hydrogen) atoms. The molecule has 4 nitrogen and oxygen atoms in total. The quantitative estimate of drug-likeness (QED) is 0.827. The van der Waals surface area contributed by atoms with Gasteiger partial charge in [0.25, 0.3) is 0 Å². The van der Waals surface area contributed by atoms with Gasteiger partial charge >= 0.3 is 0 Å². The van der Waals surface area contributed by atoms with Gasteiger partial charge in [-0.15, -0.1) is 0 Å². The van der Waals surface area contributed by atoms with Crippen LogP contribution in [-0.2, 0) is 10.3 Å². The molecule has 0 saturated carbocycles. The molecular formula is C10H15ClN2O2. The van der Waals surface area contributed by atoms with Crippen molar-refractivity contribution in [2.45, 2.75) is 25.6 Å². The molecule has 0 spiro atoms. The van der Waals surface area contributed by atoms with Crippen molar-refractivity contribution in [2.24, 2.45) is 0 Å². The van der Waals surface area contributed by atoms with Crippen LogP contribution in [0.3, 0.4) is 0 Å². The Hall–Kier alpha value is -0.840. The van der Waals surface area contributed by atoms with Crippen molar-refractivity contribution in [1.82, 2.24) is 4.98 Å². The minimum absolute atomic E-state index is 0.258. The molecule has 84 valence electrons. The molecule has 3 N–H and O–H groups in total. The number of nitrogens with zero attached hydrogens (tertiary/aromatic N) is 1. The third-order valence-electron chi connectivity index (χ3n) is 2.58. The molecule has 0 bridgehead atoms. The van der Waals surface area contributed by atoms with Gasteiger partial charge in [-0.1, -0.05) is 11.6 Å². The summed E-state index contributed by atoms with van der Waals surface area (Å²) in [6.07, 6.45) is 1.04. The van der Waals surface area contributed by atoms with Gasteiger partial charge in [-0.25, -0.2) is 4.98 Å². The van der Waals surface area contributed by atoms with E-state index < -0.39 is 11.7 Å².